The summed E-state index contributed by atoms with van der Waals surface area (Å²) in [4.78, 5) is 4.53. The molecule has 3 nitrogen and oxygen atoms in total. The number of rotatable bonds is 3. The summed E-state index contributed by atoms with van der Waals surface area (Å²) in [5.74, 6) is 0. The third-order valence-corrected chi connectivity index (χ3v) is 1.49. The number of oxime groups is 1. The quantitative estimate of drug-likeness (QED) is 0.417. The summed E-state index contributed by atoms with van der Waals surface area (Å²) in [6.07, 6.45) is 2.49. The zero-order valence-corrected chi connectivity index (χ0v) is 7.03. The maximum Gasteiger partial charge on any atom is 0.106 e. The molecule has 0 aliphatic rings. The van der Waals surface area contributed by atoms with Gasteiger partial charge in [0.2, 0.25) is 0 Å². The number of nitrogen functional groups attached to an aromatic ring is 1. The Morgan fingerprint density at radius 2 is 2.08 bits per heavy atom. The highest BCUT2D eigenvalue weighted by Gasteiger charge is 1.88. The number of benzene rings is 1. The van der Waals surface area contributed by atoms with E-state index < -0.39 is 0 Å². The van der Waals surface area contributed by atoms with E-state index in [0.717, 1.165) is 12.1 Å². The van der Waals surface area contributed by atoms with Gasteiger partial charge in [-0.15, -0.1) is 0 Å². The first kappa shape index (κ1) is 8.59. The Labute approximate surface area is 71.8 Å². The van der Waals surface area contributed by atoms with Crippen LogP contribution in [0.25, 0.3) is 0 Å². The summed E-state index contributed by atoms with van der Waals surface area (Å²) < 4.78 is 0. The maximum atomic E-state index is 5.52. The van der Waals surface area contributed by atoms with Gasteiger partial charge >= 0.3 is 0 Å². The lowest BCUT2D eigenvalue weighted by Gasteiger charge is -1.95. The Morgan fingerprint density at radius 1 is 1.42 bits per heavy atom. The highest BCUT2D eigenvalue weighted by Crippen LogP contribution is 2.04. The number of anilines is 1. The van der Waals surface area contributed by atoms with Crippen LogP contribution in [0.15, 0.2) is 29.4 Å². The maximum absolute atomic E-state index is 5.52. The number of hydrogen-bond donors (Lipinski definition) is 1. The molecule has 0 bridgehead atoms. The topological polar surface area (TPSA) is 47.6 Å². The third-order valence-electron chi connectivity index (χ3n) is 1.49. The van der Waals surface area contributed by atoms with Gasteiger partial charge < -0.3 is 10.6 Å². The first-order chi connectivity index (χ1) is 5.83. The van der Waals surface area contributed by atoms with Crippen LogP contribution in [-0.4, -0.2) is 13.3 Å². The molecule has 0 spiro atoms. The average molecular weight is 164 g/mol. The lowest BCUT2D eigenvalue weighted by atomic mass is 10.1. The second kappa shape index (κ2) is 4.38. The third kappa shape index (κ3) is 2.62. The first-order valence-electron chi connectivity index (χ1n) is 3.72. The van der Waals surface area contributed by atoms with Gasteiger partial charge in [0.05, 0.1) is 0 Å². The van der Waals surface area contributed by atoms with Crippen molar-refractivity contribution in [2.24, 2.45) is 5.16 Å². The van der Waals surface area contributed by atoms with Crippen LogP contribution in [0.5, 0.6) is 0 Å². The molecule has 2 N–H and O–H groups in total. The van der Waals surface area contributed by atoms with Crippen molar-refractivity contribution in [3.8, 4) is 0 Å². The van der Waals surface area contributed by atoms with Gasteiger partial charge in [-0.1, -0.05) is 17.3 Å². The molecule has 0 amide bonds. The molecule has 0 atom stereocenters. The van der Waals surface area contributed by atoms with Crippen molar-refractivity contribution >= 4 is 11.9 Å². The fourth-order valence-electron chi connectivity index (χ4n) is 0.871. The van der Waals surface area contributed by atoms with E-state index in [-0.39, 0.29) is 0 Å². The highest BCUT2D eigenvalue weighted by molar-refractivity contribution is 5.61. The molecule has 0 heterocycles. The fraction of sp³-hybridized carbons (Fsp3) is 0.222. The molecule has 64 valence electrons. The molecule has 0 radical (unpaired) electrons. The van der Waals surface area contributed by atoms with E-state index in [9.17, 15) is 0 Å². The lowest BCUT2D eigenvalue weighted by molar-refractivity contribution is 0.215. The second-order valence-corrected chi connectivity index (χ2v) is 2.42. The van der Waals surface area contributed by atoms with Gasteiger partial charge in [-0.25, -0.2) is 0 Å². The number of hydrogen-bond acceptors (Lipinski definition) is 3. The van der Waals surface area contributed by atoms with E-state index in [1.165, 1.54) is 12.7 Å². The second-order valence-electron chi connectivity index (χ2n) is 2.42. The molecular formula is C9H12N2O. The molecule has 1 aromatic rings. The smallest absolute Gasteiger partial charge is 0.106 e. The van der Waals surface area contributed by atoms with Crippen molar-refractivity contribution in [2.75, 3.05) is 12.8 Å². The molecule has 0 saturated carbocycles. The molecule has 0 saturated heterocycles. The van der Waals surface area contributed by atoms with Crippen molar-refractivity contribution in [1.29, 1.82) is 0 Å². The Morgan fingerprint density at radius 3 is 2.67 bits per heavy atom. The lowest BCUT2D eigenvalue weighted by Crippen LogP contribution is -1.88. The monoisotopic (exact) mass is 164 g/mol. The Kier molecular flexibility index (Phi) is 3.14. The molecule has 12 heavy (non-hydrogen) atoms. The molecule has 3 heteroatoms. The van der Waals surface area contributed by atoms with Crippen LogP contribution in [0.3, 0.4) is 0 Å². The van der Waals surface area contributed by atoms with Crippen LogP contribution in [0.2, 0.25) is 0 Å². The van der Waals surface area contributed by atoms with Crippen molar-refractivity contribution in [3.63, 3.8) is 0 Å². The van der Waals surface area contributed by atoms with Gasteiger partial charge in [-0.05, 0) is 17.7 Å². The molecule has 0 unspecified atom stereocenters. The Hall–Kier alpha value is -1.51. The minimum absolute atomic E-state index is 0.772. The number of nitrogens with zero attached hydrogens (tertiary/aromatic N) is 1. The van der Waals surface area contributed by atoms with E-state index in [0.29, 0.717) is 0 Å². The Bertz CT molecular complexity index is 254. The predicted molar refractivity (Wildman–Crippen MR) is 50.1 cm³/mol. The summed E-state index contributed by atoms with van der Waals surface area (Å²) >= 11 is 0. The van der Waals surface area contributed by atoms with Crippen LogP contribution >= 0.6 is 0 Å². The van der Waals surface area contributed by atoms with Crippen LogP contribution in [0.4, 0.5) is 5.69 Å². The zero-order chi connectivity index (χ0) is 8.81. The summed E-state index contributed by atoms with van der Waals surface area (Å²) in [6.45, 7) is 0. The van der Waals surface area contributed by atoms with Crippen molar-refractivity contribution in [1.82, 2.24) is 0 Å². The molecule has 0 aliphatic carbocycles. The molecule has 1 rings (SSSR count). The van der Waals surface area contributed by atoms with Gasteiger partial charge in [0.1, 0.15) is 7.11 Å². The van der Waals surface area contributed by atoms with E-state index in [4.69, 9.17) is 5.73 Å². The Balaban J connectivity index is 2.53. The van der Waals surface area contributed by atoms with E-state index in [1.807, 2.05) is 24.3 Å². The van der Waals surface area contributed by atoms with E-state index in [1.54, 1.807) is 6.21 Å². The minimum Gasteiger partial charge on any atom is -0.399 e. The molecule has 0 aliphatic heterocycles. The summed E-state index contributed by atoms with van der Waals surface area (Å²) in [5, 5.41) is 3.63. The highest BCUT2D eigenvalue weighted by atomic mass is 16.6. The average Bonchev–Trinajstić information content (AvgIpc) is 2.09. The summed E-state index contributed by atoms with van der Waals surface area (Å²) in [7, 11) is 1.53. The first-order valence-corrected chi connectivity index (χ1v) is 3.72. The summed E-state index contributed by atoms with van der Waals surface area (Å²) in [6, 6.07) is 7.68. The van der Waals surface area contributed by atoms with E-state index >= 15 is 0 Å². The number of nitrogens with two attached hydrogens (primary N) is 1. The van der Waals surface area contributed by atoms with Gasteiger partial charge in [0.15, 0.2) is 0 Å². The zero-order valence-electron chi connectivity index (χ0n) is 7.03. The largest absolute Gasteiger partial charge is 0.399 e. The van der Waals surface area contributed by atoms with Gasteiger partial charge in [0, 0.05) is 18.3 Å². The van der Waals surface area contributed by atoms with Crippen LogP contribution in [0.1, 0.15) is 5.56 Å². The SMILES string of the molecule is CO/N=C/Cc1ccc(N)cc1. The predicted octanol–water partition coefficient (Wildman–Crippen LogP) is 1.44. The van der Waals surface area contributed by atoms with Gasteiger partial charge in [-0.3, -0.25) is 0 Å². The van der Waals surface area contributed by atoms with Crippen molar-refractivity contribution < 1.29 is 4.84 Å². The standard InChI is InChI=1S/C9H12N2O/c1-12-11-7-6-8-2-4-9(10)5-3-8/h2-5,7H,6,10H2,1H3/b11-7+. The van der Waals surface area contributed by atoms with Crippen molar-refractivity contribution in [3.05, 3.63) is 29.8 Å². The minimum atomic E-state index is 0.772. The fourth-order valence-corrected chi connectivity index (χ4v) is 0.871. The van der Waals surface area contributed by atoms with Crippen LogP contribution in [0, 0.1) is 0 Å². The van der Waals surface area contributed by atoms with Crippen LogP contribution in [-0.2, 0) is 11.3 Å². The van der Waals surface area contributed by atoms with Crippen molar-refractivity contribution in [2.45, 2.75) is 6.42 Å². The van der Waals surface area contributed by atoms with Gasteiger partial charge in [0.25, 0.3) is 0 Å². The molecule has 1 aromatic carbocycles. The molecule has 0 aromatic heterocycles. The summed E-state index contributed by atoms with van der Waals surface area (Å²) in [5.41, 5.74) is 7.47. The molecular weight excluding hydrogens is 152 g/mol. The van der Waals surface area contributed by atoms with E-state index in [2.05, 4.69) is 9.99 Å². The molecule has 0 fully saturated rings. The van der Waals surface area contributed by atoms with Gasteiger partial charge in [-0.2, -0.15) is 0 Å². The normalized spacial score (nSPS) is 10.4. The van der Waals surface area contributed by atoms with Crippen LogP contribution < -0.4 is 5.73 Å².